The van der Waals surface area contributed by atoms with Crippen molar-refractivity contribution in [1.29, 1.82) is 0 Å². The Balaban J connectivity index is 2.40. The first-order valence-electron chi connectivity index (χ1n) is 4.70. The van der Waals surface area contributed by atoms with Gasteiger partial charge < -0.3 is 10.2 Å². The third-order valence-corrected chi connectivity index (χ3v) is 2.72. The Hall–Kier alpha value is -1.25. The molecule has 0 saturated carbocycles. The first-order chi connectivity index (χ1) is 6.29. The highest BCUT2D eigenvalue weighted by Crippen LogP contribution is 2.27. The van der Waals surface area contributed by atoms with Gasteiger partial charge in [-0.3, -0.25) is 4.98 Å². The van der Waals surface area contributed by atoms with Crippen LogP contribution in [0, 0.1) is 0 Å². The molecule has 0 fully saturated rings. The molecule has 3 nitrogen and oxygen atoms in total. The highest BCUT2D eigenvalue weighted by molar-refractivity contribution is 5.69. The van der Waals surface area contributed by atoms with E-state index in [1.54, 1.807) is 0 Å². The van der Waals surface area contributed by atoms with Gasteiger partial charge in [-0.1, -0.05) is 0 Å². The molecule has 1 aliphatic heterocycles. The number of hydrogen-bond acceptors (Lipinski definition) is 3. The highest BCUT2D eigenvalue weighted by atomic mass is 15.2. The van der Waals surface area contributed by atoms with E-state index in [1.807, 2.05) is 12.4 Å². The van der Waals surface area contributed by atoms with E-state index >= 15 is 0 Å². The normalized spacial score (nSPS) is 21.7. The summed E-state index contributed by atoms with van der Waals surface area (Å²) in [7, 11) is 2.14. The Bertz CT molecular complexity index is 298. The molecule has 2 rings (SSSR count). The molecule has 1 aromatic heterocycles. The number of hydrogen-bond donors (Lipinski definition) is 1. The SMILES string of the molecule is CC1CCNc2cnccc2N1C. The Morgan fingerprint density at radius 2 is 2.46 bits per heavy atom. The van der Waals surface area contributed by atoms with Crippen LogP contribution >= 0.6 is 0 Å². The number of rotatable bonds is 0. The van der Waals surface area contributed by atoms with Gasteiger partial charge in [-0.05, 0) is 19.4 Å². The van der Waals surface area contributed by atoms with Crippen molar-refractivity contribution in [2.24, 2.45) is 0 Å². The molecular formula is C10H15N3. The average molecular weight is 177 g/mol. The predicted octanol–water partition coefficient (Wildman–Crippen LogP) is 1.72. The lowest BCUT2D eigenvalue weighted by molar-refractivity contribution is 0.657. The second kappa shape index (κ2) is 3.24. The Kier molecular flexibility index (Phi) is 2.08. The lowest BCUT2D eigenvalue weighted by atomic mass is 10.2. The molecule has 1 N–H and O–H groups in total. The van der Waals surface area contributed by atoms with Crippen molar-refractivity contribution in [2.45, 2.75) is 19.4 Å². The third-order valence-electron chi connectivity index (χ3n) is 2.72. The van der Waals surface area contributed by atoms with Crippen LogP contribution in [-0.4, -0.2) is 24.6 Å². The Labute approximate surface area is 78.8 Å². The summed E-state index contributed by atoms with van der Waals surface area (Å²) in [6.07, 6.45) is 4.91. The van der Waals surface area contributed by atoms with E-state index in [2.05, 4.69) is 35.2 Å². The van der Waals surface area contributed by atoms with Crippen LogP contribution in [0.1, 0.15) is 13.3 Å². The second-order valence-electron chi connectivity index (χ2n) is 3.57. The highest BCUT2D eigenvalue weighted by Gasteiger charge is 2.16. The second-order valence-corrected chi connectivity index (χ2v) is 3.57. The van der Waals surface area contributed by atoms with Gasteiger partial charge in [0.25, 0.3) is 0 Å². The van der Waals surface area contributed by atoms with Gasteiger partial charge in [0, 0.05) is 25.8 Å². The molecule has 3 heteroatoms. The quantitative estimate of drug-likeness (QED) is 0.654. The zero-order valence-corrected chi connectivity index (χ0v) is 8.12. The van der Waals surface area contributed by atoms with E-state index in [0.29, 0.717) is 6.04 Å². The Morgan fingerprint density at radius 3 is 3.31 bits per heavy atom. The molecule has 1 aliphatic rings. The minimum absolute atomic E-state index is 0.594. The first-order valence-corrected chi connectivity index (χ1v) is 4.70. The van der Waals surface area contributed by atoms with E-state index in [9.17, 15) is 0 Å². The molecule has 2 heterocycles. The van der Waals surface area contributed by atoms with E-state index in [-0.39, 0.29) is 0 Å². The molecule has 0 saturated heterocycles. The van der Waals surface area contributed by atoms with E-state index < -0.39 is 0 Å². The molecular weight excluding hydrogens is 162 g/mol. The monoisotopic (exact) mass is 177 g/mol. The van der Waals surface area contributed by atoms with Gasteiger partial charge in [0.1, 0.15) is 0 Å². The van der Waals surface area contributed by atoms with E-state index in [4.69, 9.17) is 0 Å². The van der Waals surface area contributed by atoms with Crippen molar-refractivity contribution >= 4 is 11.4 Å². The molecule has 1 atom stereocenters. The molecule has 0 radical (unpaired) electrons. The van der Waals surface area contributed by atoms with Crippen LogP contribution in [0.25, 0.3) is 0 Å². The fraction of sp³-hybridized carbons (Fsp3) is 0.500. The molecule has 0 aliphatic carbocycles. The van der Waals surface area contributed by atoms with Gasteiger partial charge in [-0.25, -0.2) is 0 Å². The van der Waals surface area contributed by atoms with Crippen molar-refractivity contribution in [3.8, 4) is 0 Å². The molecule has 1 aromatic rings. The summed E-state index contributed by atoms with van der Waals surface area (Å²) < 4.78 is 0. The molecule has 0 spiro atoms. The molecule has 1 unspecified atom stereocenters. The summed E-state index contributed by atoms with van der Waals surface area (Å²) in [6, 6.07) is 2.65. The molecule has 0 aromatic carbocycles. The van der Waals surface area contributed by atoms with Crippen LogP contribution in [0.15, 0.2) is 18.5 Å². The van der Waals surface area contributed by atoms with Gasteiger partial charge in [-0.2, -0.15) is 0 Å². The minimum atomic E-state index is 0.594. The van der Waals surface area contributed by atoms with Crippen LogP contribution in [0.5, 0.6) is 0 Å². The zero-order chi connectivity index (χ0) is 9.26. The summed E-state index contributed by atoms with van der Waals surface area (Å²) in [4.78, 5) is 6.41. The van der Waals surface area contributed by atoms with Crippen LogP contribution in [0.4, 0.5) is 11.4 Å². The van der Waals surface area contributed by atoms with Gasteiger partial charge >= 0.3 is 0 Å². The number of anilines is 2. The average Bonchev–Trinajstić information content (AvgIpc) is 2.29. The predicted molar refractivity (Wildman–Crippen MR) is 55.2 cm³/mol. The summed E-state index contributed by atoms with van der Waals surface area (Å²) in [5, 5.41) is 3.38. The van der Waals surface area contributed by atoms with Gasteiger partial charge in [-0.15, -0.1) is 0 Å². The zero-order valence-electron chi connectivity index (χ0n) is 8.12. The number of nitrogens with zero attached hydrogens (tertiary/aromatic N) is 2. The third kappa shape index (κ3) is 1.46. The number of fused-ring (bicyclic) bond motifs is 1. The molecule has 0 amide bonds. The standard InChI is InChI=1S/C10H15N3/c1-8-3-6-12-9-7-11-5-4-10(9)13(8)2/h4-5,7-8,12H,3,6H2,1-2H3. The summed E-state index contributed by atoms with van der Waals surface area (Å²) in [6.45, 7) is 3.28. The molecule has 13 heavy (non-hydrogen) atoms. The fourth-order valence-electron chi connectivity index (χ4n) is 1.68. The number of aromatic nitrogens is 1. The minimum Gasteiger partial charge on any atom is -0.382 e. The lowest BCUT2D eigenvalue weighted by Crippen LogP contribution is -2.28. The largest absolute Gasteiger partial charge is 0.382 e. The van der Waals surface area contributed by atoms with Crippen molar-refractivity contribution < 1.29 is 0 Å². The van der Waals surface area contributed by atoms with Gasteiger partial charge in [0.2, 0.25) is 0 Å². The maximum Gasteiger partial charge on any atom is 0.0764 e. The van der Waals surface area contributed by atoms with Gasteiger partial charge in [0.05, 0.1) is 17.6 Å². The van der Waals surface area contributed by atoms with Crippen molar-refractivity contribution in [1.82, 2.24) is 4.98 Å². The summed E-state index contributed by atoms with van der Waals surface area (Å²) >= 11 is 0. The van der Waals surface area contributed by atoms with Crippen LogP contribution in [-0.2, 0) is 0 Å². The fourth-order valence-corrected chi connectivity index (χ4v) is 1.68. The van der Waals surface area contributed by atoms with E-state index in [0.717, 1.165) is 12.2 Å². The van der Waals surface area contributed by atoms with Gasteiger partial charge in [0.15, 0.2) is 0 Å². The number of pyridine rings is 1. The van der Waals surface area contributed by atoms with Crippen LogP contribution in [0.3, 0.4) is 0 Å². The topological polar surface area (TPSA) is 28.2 Å². The van der Waals surface area contributed by atoms with Crippen molar-refractivity contribution in [3.05, 3.63) is 18.5 Å². The summed E-state index contributed by atoms with van der Waals surface area (Å²) in [5.41, 5.74) is 2.40. The van der Waals surface area contributed by atoms with Crippen molar-refractivity contribution in [3.63, 3.8) is 0 Å². The van der Waals surface area contributed by atoms with Crippen LogP contribution < -0.4 is 10.2 Å². The summed E-state index contributed by atoms with van der Waals surface area (Å²) in [5.74, 6) is 0. The first kappa shape index (κ1) is 8.35. The lowest BCUT2D eigenvalue weighted by Gasteiger charge is -2.24. The van der Waals surface area contributed by atoms with Crippen LogP contribution in [0.2, 0.25) is 0 Å². The van der Waals surface area contributed by atoms with Crippen molar-refractivity contribution in [2.75, 3.05) is 23.8 Å². The molecule has 70 valence electrons. The molecule has 0 bridgehead atoms. The maximum atomic E-state index is 4.11. The maximum absolute atomic E-state index is 4.11. The smallest absolute Gasteiger partial charge is 0.0764 e. The number of nitrogens with one attached hydrogen (secondary N) is 1. The Morgan fingerprint density at radius 1 is 1.62 bits per heavy atom. The van der Waals surface area contributed by atoms with E-state index in [1.165, 1.54) is 12.1 Å².